The zero-order valence-electron chi connectivity index (χ0n) is 19.6. The Hall–Kier alpha value is -1.42. The molecule has 31 heavy (non-hydrogen) atoms. The van der Waals surface area contributed by atoms with Crippen LogP contribution in [-0.4, -0.2) is 67.0 Å². The third kappa shape index (κ3) is 10.2. The number of benzene rings is 1. The second-order valence-electron chi connectivity index (χ2n) is 9.16. The third-order valence-corrected chi connectivity index (χ3v) is 5.15. The summed E-state index contributed by atoms with van der Waals surface area (Å²) in [6.45, 7) is 12.3. The summed E-state index contributed by atoms with van der Waals surface area (Å²) in [4.78, 5) is 21.2. The summed E-state index contributed by atoms with van der Waals surface area (Å²) in [5.74, 6) is 1.12. The van der Waals surface area contributed by atoms with Gasteiger partial charge in [0.15, 0.2) is 5.96 Å². The Morgan fingerprint density at radius 3 is 2.48 bits per heavy atom. The van der Waals surface area contributed by atoms with E-state index in [2.05, 4.69) is 15.5 Å². The molecule has 0 radical (unpaired) electrons. The van der Waals surface area contributed by atoms with Gasteiger partial charge in [-0.05, 0) is 65.6 Å². The average molecular weight is 548 g/mol. The Kier molecular flexibility index (Phi) is 11.8. The molecule has 6 nitrogen and oxygen atoms in total. The summed E-state index contributed by atoms with van der Waals surface area (Å²) >= 11 is 0. The summed E-state index contributed by atoms with van der Waals surface area (Å²) in [6.07, 6.45) is 2.09. The van der Waals surface area contributed by atoms with E-state index in [0.29, 0.717) is 12.5 Å². The standard InChI is InChI=1S/C23H38FN5O.HI/c1-6-25-22(28(5)17-21(30)27-23(2,3)4)26-15-18-11-13-29(14-12-18)16-19-9-7-8-10-20(19)24;/h7-10,18H,6,11-17H2,1-5H3,(H,25,26)(H,27,30);1H. The molecule has 1 saturated heterocycles. The molecule has 0 spiro atoms. The Morgan fingerprint density at radius 2 is 1.90 bits per heavy atom. The van der Waals surface area contributed by atoms with Gasteiger partial charge in [0.05, 0.1) is 6.54 Å². The van der Waals surface area contributed by atoms with Crippen molar-refractivity contribution in [3.05, 3.63) is 35.6 Å². The van der Waals surface area contributed by atoms with Crippen LogP contribution in [0, 0.1) is 11.7 Å². The zero-order chi connectivity index (χ0) is 22.1. The fraction of sp³-hybridized carbons (Fsp3) is 0.652. The van der Waals surface area contributed by atoms with Gasteiger partial charge in [0.1, 0.15) is 5.82 Å². The Bertz CT molecular complexity index is 714. The molecule has 1 aliphatic rings. The maximum atomic E-state index is 13.9. The monoisotopic (exact) mass is 547 g/mol. The lowest BCUT2D eigenvalue weighted by Gasteiger charge is -2.31. The highest BCUT2D eigenvalue weighted by molar-refractivity contribution is 14.0. The van der Waals surface area contributed by atoms with Crippen molar-refractivity contribution in [2.24, 2.45) is 10.9 Å². The van der Waals surface area contributed by atoms with Gasteiger partial charge in [0.25, 0.3) is 0 Å². The van der Waals surface area contributed by atoms with Crippen LogP contribution in [0.3, 0.4) is 0 Å². The first-order valence-electron chi connectivity index (χ1n) is 10.9. The van der Waals surface area contributed by atoms with Crippen molar-refractivity contribution in [2.45, 2.75) is 52.6 Å². The van der Waals surface area contributed by atoms with Crippen LogP contribution in [0.4, 0.5) is 4.39 Å². The van der Waals surface area contributed by atoms with Gasteiger partial charge in [0, 0.05) is 37.8 Å². The third-order valence-electron chi connectivity index (χ3n) is 5.15. The highest BCUT2D eigenvalue weighted by Gasteiger charge is 2.21. The first-order valence-corrected chi connectivity index (χ1v) is 10.9. The highest BCUT2D eigenvalue weighted by atomic mass is 127. The molecule has 0 aliphatic carbocycles. The first-order chi connectivity index (χ1) is 14.2. The number of likely N-dealkylation sites (tertiary alicyclic amines) is 1. The van der Waals surface area contributed by atoms with Crippen LogP contribution in [0.15, 0.2) is 29.3 Å². The number of aliphatic imine (C=N–C) groups is 1. The van der Waals surface area contributed by atoms with Crippen molar-refractivity contribution in [2.75, 3.05) is 39.8 Å². The van der Waals surface area contributed by atoms with E-state index in [0.717, 1.165) is 50.5 Å². The summed E-state index contributed by atoms with van der Waals surface area (Å²) < 4.78 is 13.9. The van der Waals surface area contributed by atoms with Crippen LogP contribution in [0.5, 0.6) is 0 Å². The number of hydrogen-bond donors (Lipinski definition) is 2. The second-order valence-corrected chi connectivity index (χ2v) is 9.16. The molecule has 8 heteroatoms. The summed E-state index contributed by atoms with van der Waals surface area (Å²) in [5.41, 5.74) is 0.517. The summed E-state index contributed by atoms with van der Waals surface area (Å²) in [7, 11) is 1.89. The molecule has 2 rings (SSSR count). The number of nitrogens with one attached hydrogen (secondary N) is 2. The van der Waals surface area contributed by atoms with Crippen molar-refractivity contribution < 1.29 is 9.18 Å². The van der Waals surface area contributed by atoms with E-state index in [1.807, 2.05) is 51.8 Å². The summed E-state index contributed by atoms with van der Waals surface area (Å²) in [6, 6.07) is 7.01. The van der Waals surface area contributed by atoms with Crippen LogP contribution in [0.2, 0.25) is 0 Å². The van der Waals surface area contributed by atoms with Crippen molar-refractivity contribution in [1.82, 2.24) is 20.4 Å². The molecule has 1 fully saturated rings. The summed E-state index contributed by atoms with van der Waals surface area (Å²) in [5, 5.41) is 6.27. The van der Waals surface area contributed by atoms with Crippen LogP contribution in [-0.2, 0) is 11.3 Å². The normalized spacial score (nSPS) is 15.9. The molecule has 0 aromatic heterocycles. The van der Waals surface area contributed by atoms with Gasteiger partial charge < -0.3 is 15.5 Å². The van der Waals surface area contributed by atoms with Gasteiger partial charge in [-0.25, -0.2) is 4.39 Å². The average Bonchev–Trinajstić information content (AvgIpc) is 2.66. The number of carbonyl (C=O) groups is 1. The Labute approximate surface area is 204 Å². The number of guanidine groups is 1. The smallest absolute Gasteiger partial charge is 0.240 e. The van der Waals surface area contributed by atoms with E-state index in [9.17, 15) is 9.18 Å². The minimum Gasteiger partial charge on any atom is -0.357 e. The maximum Gasteiger partial charge on any atom is 0.240 e. The van der Waals surface area contributed by atoms with Crippen LogP contribution >= 0.6 is 24.0 Å². The quantitative estimate of drug-likeness (QED) is 0.312. The molecular formula is C23H39FIN5O. The van der Waals surface area contributed by atoms with Crippen LogP contribution in [0.1, 0.15) is 46.1 Å². The molecule has 1 aliphatic heterocycles. The van der Waals surface area contributed by atoms with Crippen LogP contribution < -0.4 is 10.6 Å². The SMILES string of the molecule is CCNC(=NCC1CCN(Cc2ccccc2F)CC1)N(C)CC(=O)NC(C)(C)C.I. The molecule has 2 N–H and O–H groups in total. The number of nitrogens with zero attached hydrogens (tertiary/aromatic N) is 3. The zero-order valence-corrected chi connectivity index (χ0v) is 21.9. The van der Waals surface area contributed by atoms with Crippen molar-refractivity contribution >= 4 is 35.8 Å². The van der Waals surface area contributed by atoms with Crippen molar-refractivity contribution in [3.63, 3.8) is 0 Å². The fourth-order valence-electron chi connectivity index (χ4n) is 3.63. The van der Waals surface area contributed by atoms with Gasteiger partial charge >= 0.3 is 0 Å². The number of rotatable bonds is 7. The second kappa shape index (κ2) is 13.2. The van der Waals surface area contributed by atoms with E-state index < -0.39 is 0 Å². The number of carbonyl (C=O) groups excluding carboxylic acids is 1. The molecular weight excluding hydrogens is 508 g/mol. The topological polar surface area (TPSA) is 60.0 Å². The number of hydrogen-bond acceptors (Lipinski definition) is 3. The molecule has 1 heterocycles. The van der Waals surface area contributed by atoms with Gasteiger partial charge in [-0.3, -0.25) is 14.7 Å². The van der Waals surface area contributed by atoms with Crippen LogP contribution in [0.25, 0.3) is 0 Å². The van der Waals surface area contributed by atoms with E-state index >= 15 is 0 Å². The van der Waals surface area contributed by atoms with Gasteiger partial charge in [-0.15, -0.1) is 24.0 Å². The molecule has 1 aromatic carbocycles. The Morgan fingerprint density at radius 1 is 1.26 bits per heavy atom. The first kappa shape index (κ1) is 27.6. The lowest BCUT2D eigenvalue weighted by Crippen LogP contribution is -2.49. The molecule has 1 aromatic rings. The lowest BCUT2D eigenvalue weighted by atomic mass is 9.96. The predicted octanol–water partition coefficient (Wildman–Crippen LogP) is 3.47. The molecule has 176 valence electrons. The Balaban J connectivity index is 0.00000480. The number of likely N-dealkylation sites (N-methyl/N-ethyl adjacent to an activating group) is 1. The maximum absolute atomic E-state index is 13.9. The van der Waals surface area contributed by atoms with E-state index in [-0.39, 0.29) is 47.8 Å². The van der Waals surface area contributed by atoms with E-state index in [1.165, 1.54) is 6.07 Å². The predicted molar refractivity (Wildman–Crippen MR) is 136 cm³/mol. The minimum atomic E-state index is -0.246. The molecule has 0 atom stereocenters. The van der Waals surface area contributed by atoms with Gasteiger partial charge in [-0.1, -0.05) is 18.2 Å². The highest BCUT2D eigenvalue weighted by Crippen LogP contribution is 2.20. The van der Waals surface area contributed by atoms with Crippen molar-refractivity contribution in [3.8, 4) is 0 Å². The number of amides is 1. The lowest BCUT2D eigenvalue weighted by molar-refractivity contribution is -0.122. The molecule has 0 saturated carbocycles. The van der Waals surface area contributed by atoms with E-state index in [4.69, 9.17) is 4.99 Å². The van der Waals surface area contributed by atoms with Crippen molar-refractivity contribution in [1.29, 1.82) is 0 Å². The fourth-order valence-corrected chi connectivity index (χ4v) is 3.63. The van der Waals surface area contributed by atoms with Gasteiger partial charge in [0.2, 0.25) is 5.91 Å². The number of piperidine rings is 1. The molecule has 1 amide bonds. The van der Waals surface area contributed by atoms with E-state index in [1.54, 1.807) is 6.07 Å². The molecule has 0 bridgehead atoms. The van der Waals surface area contributed by atoms with Gasteiger partial charge in [-0.2, -0.15) is 0 Å². The minimum absolute atomic E-state index is 0. The molecule has 0 unspecified atom stereocenters. The number of halogens is 2. The largest absolute Gasteiger partial charge is 0.357 e.